The van der Waals surface area contributed by atoms with E-state index in [1.54, 1.807) is 0 Å². The van der Waals surface area contributed by atoms with Gasteiger partial charge in [-0.2, -0.15) is 0 Å². The minimum atomic E-state index is 0. The van der Waals surface area contributed by atoms with Gasteiger partial charge in [0, 0.05) is 27.2 Å². The predicted octanol–water partition coefficient (Wildman–Crippen LogP) is 2.73. The molecule has 4 heteroatoms. The first-order valence-corrected chi connectivity index (χ1v) is 5.64. The smallest absolute Gasteiger partial charge is 0.193 e. The number of unbranched alkanes of at least 4 members (excludes halogenated alkanes) is 1. The Hall–Kier alpha value is -0.260. The fourth-order valence-electron chi connectivity index (χ4n) is 1.26. The number of nitrogens with one attached hydrogen (secondary N) is 1. The normalized spacial score (nSPS) is 10.9. The van der Waals surface area contributed by atoms with Crippen molar-refractivity contribution in [3.05, 3.63) is 12.7 Å². The second-order valence-corrected chi connectivity index (χ2v) is 4.17. The summed E-state index contributed by atoms with van der Waals surface area (Å²) in [6.45, 7) is 10.1. The predicted molar refractivity (Wildman–Crippen MR) is 83.7 cm³/mol. The van der Waals surface area contributed by atoms with Crippen molar-refractivity contribution in [3.63, 3.8) is 0 Å². The Labute approximate surface area is 117 Å². The summed E-state index contributed by atoms with van der Waals surface area (Å²) >= 11 is 0. The Morgan fingerprint density at radius 3 is 2.56 bits per heavy atom. The Morgan fingerprint density at radius 1 is 1.50 bits per heavy atom. The monoisotopic (exact) mass is 339 g/mol. The van der Waals surface area contributed by atoms with E-state index < -0.39 is 0 Å². The summed E-state index contributed by atoms with van der Waals surface area (Å²) in [7, 11) is 3.89. The van der Waals surface area contributed by atoms with Gasteiger partial charge in [0.25, 0.3) is 0 Å². The van der Waals surface area contributed by atoms with Crippen LogP contribution in [0.2, 0.25) is 0 Å². The number of allylic oxidation sites excluding steroid dienone is 1. The molecule has 0 aliphatic rings. The SMILES string of the molecule is C=CCCCN(C)C(=NC)NCC(C)C.I. The number of hydrogen-bond donors (Lipinski definition) is 1. The Balaban J connectivity index is 0. The van der Waals surface area contributed by atoms with Gasteiger partial charge in [-0.25, -0.2) is 0 Å². The van der Waals surface area contributed by atoms with E-state index in [1.807, 2.05) is 13.1 Å². The van der Waals surface area contributed by atoms with Crippen molar-refractivity contribution >= 4 is 29.9 Å². The number of rotatable bonds is 6. The van der Waals surface area contributed by atoms with Gasteiger partial charge in [-0.3, -0.25) is 4.99 Å². The van der Waals surface area contributed by atoms with Crippen LogP contribution in [0, 0.1) is 5.92 Å². The molecular formula is C12H26IN3. The minimum absolute atomic E-state index is 0. The third-order valence-electron chi connectivity index (χ3n) is 2.14. The van der Waals surface area contributed by atoms with Crippen molar-refractivity contribution in [2.45, 2.75) is 26.7 Å². The van der Waals surface area contributed by atoms with Crippen molar-refractivity contribution in [2.24, 2.45) is 10.9 Å². The molecule has 0 aliphatic carbocycles. The number of halogens is 1. The second-order valence-electron chi connectivity index (χ2n) is 4.17. The van der Waals surface area contributed by atoms with Gasteiger partial charge < -0.3 is 10.2 Å². The van der Waals surface area contributed by atoms with E-state index in [4.69, 9.17) is 0 Å². The molecule has 0 saturated carbocycles. The van der Waals surface area contributed by atoms with Crippen LogP contribution in [0.1, 0.15) is 26.7 Å². The van der Waals surface area contributed by atoms with E-state index >= 15 is 0 Å². The third kappa shape index (κ3) is 9.00. The number of aliphatic imine (C=N–C) groups is 1. The number of nitrogens with zero attached hydrogens (tertiary/aromatic N) is 2. The topological polar surface area (TPSA) is 27.6 Å². The van der Waals surface area contributed by atoms with Crippen molar-refractivity contribution in [3.8, 4) is 0 Å². The fraction of sp³-hybridized carbons (Fsp3) is 0.750. The van der Waals surface area contributed by atoms with Crippen LogP contribution in [0.15, 0.2) is 17.6 Å². The van der Waals surface area contributed by atoms with Gasteiger partial charge >= 0.3 is 0 Å². The summed E-state index contributed by atoms with van der Waals surface area (Å²) < 4.78 is 0. The summed E-state index contributed by atoms with van der Waals surface area (Å²) in [5.41, 5.74) is 0. The molecule has 0 atom stereocenters. The number of guanidine groups is 1. The molecule has 1 N–H and O–H groups in total. The Morgan fingerprint density at radius 2 is 2.12 bits per heavy atom. The first-order chi connectivity index (χ1) is 7.11. The molecule has 0 aromatic rings. The van der Waals surface area contributed by atoms with E-state index in [9.17, 15) is 0 Å². The van der Waals surface area contributed by atoms with E-state index in [0.717, 1.165) is 31.9 Å². The lowest BCUT2D eigenvalue weighted by molar-refractivity contribution is 0.462. The number of hydrogen-bond acceptors (Lipinski definition) is 1. The molecule has 0 saturated heterocycles. The standard InChI is InChI=1S/C12H25N3.HI/c1-6-7-8-9-15(5)12(13-4)14-10-11(2)3;/h6,11H,1,7-10H2,2-5H3,(H,13,14);1H. The van der Waals surface area contributed by atoms with Gasteiger partial charge in [-0.1, -0.05) is 19.9 Å². The van der Waals surface area contributed by atoms with Crippen molar-refractivity contribution < 1.29 is 0 Å². The van der Waals surface area contributed by atoms with Crippen LogP contribution in [-0.2, 0) is 0 Å². The van der Waals surface area contributed by atoms with E-state index in [2.05, 4.69) is 42.7 Å². The van der Waals surface area contributed by atoms with Crippen LogP contribution >= 0.6 is 24.0 Å². The summed E-state index contributed by atoms with van der Waals surface area (Å²) in [6.07, 6.45) is 4.14. The highest BCUT2D eigenvalue weighted by Gasteiger charge is 2.04. The van der Waals surface area contributed by atoms with Crippen LogP contribution < -0.4 is 5.32 Å². The van der Waals surface area contributed by atoms with Gasteiger partial charge in [-0.05, 0) is 18.8 Å². The van der Waals surface area contributed by atoms with E-state index in [0.29, 0.717) is 5.92 Å². The van der Waals surface area contributed by atoms with Crippen LogP contribution in [0.25, 0.3) is 0 Å². The lowest BCUT2D eigenvalue weighted by Gasteiger charge is -2.22. The molecule has 0 aromatic carbocycles. The Bertz CT molecular complexity index is 202. The van der Waals surface area contributed by atoms with Gasteiger partial charge in [0.2, 0.25) is 0 Å². The van der Waals surface area contributed by atoms with Crippen molar-refractivity contribution in [1.82, 2.24) is 10.2 Å². The maximum Gasteiger partial charge on any atom is 0.193 e. The molecule has 16 heavy (non-hydrogen) atoms. The summed E-state index contributed by atoms with van der Waals surface area (Å²) in [4.78, 5) is 6.40. The average Bonchev–Trinajstić information content (AvgIpc) is 2.18. The first-order valence-electron chi connectivity index (χ1n) is 5.64. The van der Waals surface area contributed by atoms with Crippen molar-refractivity contribution in [2.75, 3.05) is 27.2 Å². The lowest BCUT2D eigenvalue weighted by Crippen LogP contribution is -2.40. The van der Waals surface area contributed by atoms with Crippen LogP contribution in [0.5, 0.6) is 0 Å². The molecule has 0 bridgehead atoms. The molecular weight excluding hydrogens is 313 g/mol. The van der Waals surface area contributed by atoms with E-state index in [1.165, 1.54) is 0 Å². The lowest BCUT2D eigenvalue weighted by atomic mass is 10.2. The molecule has 0 radical (unpaired) electrons. The molecule has 0 unspecified atom stereocenters. The average molecular weight is 339 g/mol. The highest BCUT2D eigenvalue weighted by atomic mass is 127. The van der Waals surface area contributed by atoms with Crippen molar-refractivity contribution in [1.29, 1.82) is 0 Å². The third-order valence-corrected chi connectivity index (χ3v) is 2.14. The first kappa shape index (κ1) is 18.1. The molecule has 3 nitrogen and oxygen atoms in total. The van der Waals surface area contributed by atoms with Crippen LogP contribution in [0.3, 0.4) is 0 Å². The molecule has 0 rings (SSSR count). The highest BCUT2D eigenvalue weighted by molar-refractivity contribution is 14.0. The van der Waals surface area contributed by atoms with Gasteiger partial charge in [0.05, 0.1) is 0 Å². The molecule has 0 aromatic heterocycles. The molecule has 0 spiro atoms. The Kier molecular flexibility index (Phi) is 12.7. The molecule has 0 amide bonds. The van der Waals surface area contributed by atoms with Gasteiger partial charge in [-0.15, -0.1) is 30.6 Å². The summed E-state index contributed by atoms with van der Waals surface area (Å²) in [5, 5.41) is 3.35. The van der Waals surface area contributed by atoms with Gasteiger partial charge in [0.1, 0.15) is 0 Å². The largest absolute Gasteiger partial charge is 0.356 e. The minimum Gasteiger partial charge on any atom is -0.356 e. The van der Waals surface area contributed by atoms with E-state index in [-0.39, 0.29) is 24.0 Å². The zero-order valence-corrected chi connectivity index (χ0v) is 13.3. The molecule has 0 heterocycles. The molecule has 96 valence electrons. The highest BCUT2D eigenvalue weighted by Crippen LogP contribution is 1.95. The van der Waals surface area contributed by atoms with Crippen LogP contribution in [-0.4, -0.2) is 38.0 Å². The molecule has 0 fully saturated rings. The maximum absolute atomic E-state index is 4.24. The van der Waals surface area contributed by atoms with Gasteiger partial charge in [0.15, 0.2) is 5.96 Å². The summed E-state index contributed by atoms with van der Waals surface area (Å²) in [5.74, 6) is 1.62. The fourth-order valence-corrected chi connectivity index (χ4v) is 1.26. The maximum atomic E-state index is 4.24. The molecule has 0 aliphatic heterocycles. The quantitative estimate of drug-likeness (QED) is 0.265. The zero-order chi connectivity index (χ0) is 11.7. The zero-order valence-electron chi connectivity index (χ0n) is 11.0. The second kappa shape index (κ2) is 11.2. The van der Waals surface area contributed by atoms with Crippen LogP contribution in [0.4, 0.5) is 0 Å². The summed E-state index contributed by atoms with van der Waals surface area (Å²) in [6, 6.07) is 0.